The van der Waals surface area contributed by atoms with Crippen LogP contribution in [0.1, 0.15) is 21.5 Å². The summed E-state index contributed by atoms with van der Waals surface area (Å²) in [6.07, 6.45) is 1.71. The van der Waals surface area contributed by atoms with Crippen LogP contribution in [-0.4, -0.2) is 30.7 Å². The van der Waals surface area contributed by atoms with Gasteiger partial charge in [-0.2, -0.15) is 0 Å². The summed E-state index contributed by atoms with van der Waals surface area (Å²) >= 11 is 0. The summed E-state index contributed by atoms with van der Waals surface area (Å²) in [5.74, 6) is 0.146. The Labute approximate surface area is 203 Å². The Morgan fingerprint density at radius 3 is 2.31 bits per heavy atom. The first-order chi connectivity index (χ1) is 17.0. The van der Waals surface area contributed by atoms with Gasteiger partial charge >= 0.3 is 5.97 Å². The summed E-state index contributed by atoms with van der Waals surface area (Å²) in [5, 5.41) is 14.1. The van der Waals surface area contributed by atoms with Gasteiger partial charge in [-0.1, -0.05) is 60.7 Å². The first kappa shape index (κ1) is 23.6. The average Bonchev–Trinajstić information content (AvgIpc) is 2.90. The third-order valence-electron chi connectivity index (χ3n) is 5.54. The predicted octanol–water partition coefficient (Wildman–Crippen LogP) is 5.33. The van der Waals surface area contributed by atoms with Crippen LogP contribution in [0.25, 0.3) is 16.8 Å². The summed E-state index contributed by atoms with van der Waals surface area (Å²) in [4.78, 5) is 24.3. The molecule has 0 aliphatic rings. The van der Waals surface area contributed by atoms with Crippen LogP contribution >= 0.6 is 0 Å². The van der Waals surface area contributed by atoms with E-state index in [1.54, 1.807) is 25.3 Å². The topological polar surface area (TPSA) is 84.9 Å². The molecule has 4 aromatic rings. The third-order valence-corrected chi connectivity index (χ3v) is 5.54. The Kier molecular flexibility index (Phi) is 7.43. The summed E-state index contributed by atoms with van der Waals surface area (Å²) in [5.41, 5.74) is 2.22. The maximum Gasteiger partial charge on any atom is 0.335 e. The second-order valence-electron chi connectivity index (χ2n) is 7.89. The lowest BCUT2D eigenvalue weighted by Gasteiger charge is -2.13. The van der Waals surface area contributed by atoms with E-state index in [2.05, 4.69) is 5.32 Å². The van der Waals surface area contributed by atoms with E-state index < -0.39 is 5.97 Å². The number of nitrogens with one attached hydrogen (secondary N) is 1. The van der Waals surface area contributed by atoms with Crippen molar-refractivity contribution >= 4 is 28.7 Å². The molecule has 4 aromatic carbocycles. The molecular weight excluding hydrogens is 442 g/mol. The number of amides is 1. The quantitative estimate of drug-likeness (QED) is 0.325. The Hall–Kier alpha value is -4.58. The molecule has 0 spiro atoms. The average molecular weight is 468 g/mol. The number of rotatable bonds is 9. The zero-order chi connectivity index (χ0) is 24.6. The molecule has 176 valence electrons. The Morgan fingerprint density at radius 1 is 0.886 bits per heavy atom. The van der Waals surface area contributed by atoms with Gasteiger partial charge in [0.1, 0.15) is 18.1 Å². The Morgan fingerprint density at radius 2 is 1.60 bits per heavy atom. The normalized spacial score (nSPS) is 11.2. The van der Waals surface area contributed by atoms with Crippen LogP contribution in [0.5, 0.6) is 11.5 Å². The van der Waals surface area contributed by atoms with Gasteiger partial charge in [-0.3, -0.25) is 4.79 Å². The number of aromatic carboxylic acids is 1. The molecule has 0 fully saturated rings. The number of carbonyl (C=O) groups is 2. The minimum atomic E-state index is -1.00. The molecule has 6 nitrogen and oxygen atoms in total. The van der Waals surface area contributed by atoms with Crippen LogP contribution in [0.2, 0.25) is 0 Å². The van der Waals surface area contributed by atoms with Gasteiger partial charge in [-0.15, -0.1) is 0 Å². The number of methoxy groups -OCH3 is 1. The molecule has 6 heteroatoms. The smallest absolute Gasteiger partial charge is 0.335 e. The zero-order valence-corrected chi connectivity index (χ0v) is 19.2. The van der Waals surface area contributed by atoms with Crippen molar-refractivity contribution in [3.05, 3.63) is 113 Å². The van der Waals surface area contributed by atoms with Crippen molar-refractivity contribution in [3.8, 4) is 11.5 Å². The zero-order valence-electron chi connectivity index (χ0n) is 19.2. The lowest BCUT2D eigenvalue weighted by molar-refractivity contribution is -0.117. The molecule has 1 amide bonds. The van der Waals surface area contributed by atoms with Gasteiger partial charge in [0.15, 0.2) is 0 Å². The summed E-state index contributed by atoms with van der Waals surface area (Å²) in [7, 11) is 1.60. The van der Waals surface area contributed by atoms with Gasteiger partial charge in [0.2, 0.25) is 0 Å². The van der Waals surface area contributed by atoms with Crippen molar-refractivity contribution in [1.82, 2.24) is 5.32 Å². The van der Waals surface area contributed by atoms with Gasteiger partial charge in [0.05, 0.1) is 18.2 Å². The van der Waals surface area contributed by atoms with Gasteiger partial charge < -0.3 is 19.9 Å². The first-order valence-corrected chi connectivity index (χ1v) is 11.1. The molecule has 0 unspecified atom stereocenters. The molecule has 35 heavy (non-hydrogen) atoms. The molecule has 4 rings (SSSR count). The molecule has 0 radical (unpaired) electrons. The van der Waals surface area contributed by atoms with Crippen LogP contribution in [-0.2, 0) is 11.3 Å². The maximum absolute atomic E-state index is 13.1. The van der Waals surface area contributed by atoms with Gasteiger partial charge in [0.25, 0.3) is 5.91 Å². The highest BCUT2D eigenvalue weighted by molar-refractivity contribution is 5.98. The molecule has 2 N–H and O–H groups in total. The fourth-order valence-electron chi connectivity index (χ4n) is 3.61. The van der Waals surface area contributed by atoms with E-state index in [0.29, 0.717) is 23.4 Å². The number of fused-ring (bicyclic) bond motifs is 1. The monoisotopic (exact) mass is 467 g/mol. The SMILES string of the molecule is COc1ccc(CNC(=O)C(=Cc2ccc(C(=O)O)cc2)COc2cccc3ccccc23)cc1. The van der Waals surface area contributed by atoms with Crippen LogP contribution in [0.15, 0.2) is 96.6 Å². The first-order valence-electron chi connectivity index (χ1n) is 11.1. The van der Waals surface area contributed by atoms with E-state index in [4.69, 9.17) is 14.6 Å². The highest BCUT2D eigenvalue weighted by Crippen LogP contribution is 2.26. The van der Waals surface area contributed by atoms with Crippen LogP contribution in [0.4, 0.5) is 0 Å². The van der Waals surface area contributed by atoms with Crippen LogP contribution < -0.4 is 14.8 Å². The minimum absolute atomic E-state index is 0.0448. The molecule has 0 aliphatic carbocycles. The summed E-state index contributed by atoms with van der Waals surface area (Å²) in [6.45, 7) is 0.384. The van der Waals surface area contributed by atoms with E-state index in [1.807, 2.05) is 66.7 Å². The molecule has 0 saturated heterocycles. The number of hydrogen-bond donors (Lipinski definition) is 2. The lowest BCUT2D eigenvalue weighted by atomic mass is 10.1. The van der Waals surface area contributed by atoms with Gasteiger partial charge in [-0.25, -0.2) is 4.79 Å². The third kappa shape index (κ3) is 6.06. The number of carboxylic acid groups (broad SMARTS) is 1. The van der Waals surface area contributed by atoms with E-state index in [1.165, 1.54) is 12.1 Å². The Bertz CT molecular complexity index is 1350. The number of ether oxygens (including phenoxy) is 2. The van der Waals surface area contributed by atoms with Crippen molar-refractivity contribution in [2.75, 3.05) is 13.7 Å². The number of carbonyl (C=O) groups excluding carboxylic acids is 1. The van der Waals surface area contributed by atoms with Crippen molar-refractivity contribution in [3.63, 3.8) is 0 Å². The van der Waals surface area contributed by atoms with Gasteiger partial charge in [-0.05, 0) is 52.9 Å². The summed E-state index contributed by atoms with van der Waals surface area (Å²) in [6, 6.07) is 27.5. The van der Waals surface area contributed by atoms with Crippen molar-refractivity contribution in [1.29, 1.82) is 0 Å². The largest absolute Gasteiger partial charge is 0.497 e. The maximum atomic E-state index is 13.1. The lowest BCUT2D eigenvalue weighted by Crippen LogP contribution is -2.27. The van der Waals surface area contributed by atoms with Crippen LogP contribution in [0, 0.1) is 0 Å². The van der Waals surface area contributed by atoms with E-state index >= 15 is 0 Å². The molecule has 0 atom stereocenters. The molecule has 0 heterocycles. The molecule has 0 aromatic heterocycles. The molecular formula is C29H25NO5. The number of benzene rings is 4. The second kappa shape index (κ2) is 11.0. The van der Waals surface area contributed by atoms with E-state index in [9.17, 15) is 9.59 Å². The second-order valence-corrected chi connectivity index (χ2v) is 7.89. The standard InChI is InChI=1S/C29H25NO5/c1-34-25-15-11-21(12-16-25)18-30-28(31)24(17-20-9-13-23(14-10-20)29(32)33)19-35-27-8-4-6-22-5-2-3-7-26(22)27/h2-17H,18-19H2,1H3,(H,30,31)(H,32,33). The summed E-state index contributed by atoms with van der Waals surface area (Å²) < 4.78 is 11.3. The van der Waals surface area contributed by atoms with Crippen molar-refractivity contribution in [2.45, 2.75) is 6.54 Å². The fourth-order valence-corrected chi connectivity index (χ4v) is 3.61. The number of carboxylic acids is 1. The highest BCUT2D eigenvalue weighted by atomic mass is 16.5. The van der Waals surface area contributed by atoms with E-state index in [-0.39, 0.29) is 18.1 Å². The number of hydrogen-bond acceptors (Lipinski definition) is 4. The predicted molar refractivity (Wildman–Crippen MR) is 136 cm³/mol. The molecule has 0 bridgehead atoms. The Balaban J connectivity index is 1.55. The molecule has 0 saturated carbocycles. The van der Waals surface area contributed by atoms with Crippen molar-refractivity contribution in [2.24, 2.45) is 0 Å². The van der Waals surface area contributed by atoms with Crippen molar-refractivity contribution < 1.29 is 24.2 Å². The van der Waals surface area contributed by atoms with Crippen LogP contribution in [0.3, 0.4) is 0 Å². The fraction of sp³-hybridized carbons (Fsp3) is 0.103. The highest BCUT2D eigenvalue weighted by Gasteiger charge is 2.13. The van der Waals surface area contributed by atoms with E-state index in [0.717, 1.165) is 22.1 Å². The minimum Gasteiger partial charge on any atom is -0.497 e. The van der Waals surface area contributed by atoms with Gasteiger partial charge in [0, 0.05) is 11.9 Å². The molecule has 0 aliphatic heterocycles.